The molecule has 0 bridgehead atoms. The van der Waals surface area contributed by atoms with Crippen LogP contribution in [0.25, 0.3) is 33.5 Å². The van der Waals surface area contributed by atoms with Crippen LogP contribution in [0.4, 0.5) is 4.39 Å². The van der Waals surface area contributed by atoms with Crippen molar-refractivity contribution in [1.82, 2.24) is 24.7 Å². The average molecular weight is 496 g/mol. The van der Waals surface area contributed by atoms with E-state index in [-0.39, 0.29) is 23.4 Å². The molecule has 0 spiro atoms. The highest BCUT2D eigenvalue weighted by Gasteiger charge is 2.35. The van der Waals surface area contributed by atoms with Gasteiger partial charge in [0.25, 0.3) is 0 Å². The van der Waals surface area contributed by atoms with Crippen molar-refractivity contribution < 1.29 is 13.9 Å². The second kappa shape index (κ2) is 9.05. The molecule has 1 aliphatic rings. The van der Waals surface area contributed by atoms with Crippen molar-refractivity contribution in [2.24, 2.45) is 7.05 Å². The molecule has 0 atom stereocenters. The number of nitrogens with one attached hydrogen (secondary N) is 1. The maximum Gasteiger partial charge on any atom is 0.163 e. The van der Waals surface area contributed by atoms with Gasteiger partial charge < -0.3 is 9.72 Å². The van der Waals surface area contributed by atoms with Gasteiger partial charge in [0.05, 0.1) is 30.8 Å². The van der Waals surface area contributed by atoms with Crippen molar-refractivity contribution in [3.05, 3.63) is 89.8 Å². The molecule has 2 aromatic carbocycles. The first-order valence-corrected chi connectivity index (χ1v) is 12.2. The molecule has 0 amide bonds. The molecule has 1 fully saturated rings. The number of carbonyl (C=O) groups excluding carboxylic acids is 1. The lowest BCUT2D eigenvalue weighted by Crippen LogP contribution is -2.43. The summed E-state index contributed by atoms with van der Waals surface area (Å²) in [4.78, 5) is 24.8. The summed E-state index contributed by atoms with van der Waals surface area (Å²) in [6, 6.07) is 14.7. The molecular formula is C29H26FN5O2. The zero-order valence-corrected chi connectivity index (χ0v) is 20.7. The van der Waals surface area contributed by atoms with E-state index in [0.29, 0.717) is 47.7 Å². The van der Waals surface area contributed by atoms with Crippen molar-refractivity contribution in [1.29, 1.82) is 0 Å². The minimum atomic E-state index is -0.353. The number of aryl methyl sites for hydroxylation is 2. The Hall–Kier alpha value is -4.17. The monoisotopic (exact) mass is 495 g/mol. The standard InChI is InChI=1S/C29H26FN5O2/c1-29(15-37-16-29)22-8-5-19(6-9-22)26(36)10-7-18-3-4-20(11-24(18)30)27-23-12-25(21-13-33-35(2)14-21)34-28(23)32-17-31-27/h3-6,8-9,11-14,17H,7,10,15-16H2,1-2H3,(H,31,32,34). The number of halogens is 1. The van der Waals surface area contributed by atoms with Gasteiger partial charge in [-0.15, -0.1) is 0 Å². The molecule has 37 heavy (non-hydrogen) atoms. The second-order valence-electron chi connectivity index (χ2n) is 9.93. The smallest absolute Gasteiger partial charge is 0.163 e. The van der Waals surface area contributed by atoms with Crippen LogP contribution in [0.2, 0.25) is 0 Å². The summed E-state index contributed by atoms with van der Waals surface area (Å²) in [6.07, 6.45) is 5.71. The number of hydrogen-bond donors (Lipinski definition) is 1. The van der Waals surface area contributed by atoms with Gasteiger partial charge >= 0.3 is 0 Å². The van der Waals surface area contributed by atoms with E-state index in [2.05, 4.69) is 27.0 Å². The molecule has 5 aromatic rings. The largest absolute Gasteiger partial charge is 0.379 e. The second-order valence-corrected chi connectivity index (χ2v) is 9.93. The molecule has 1 aliphatic heterocycles. The number of fused-ring (bicyclic) bond motifs is 1. The lowest BCUT2D eigenvalue weighted by Gasteiger charge is -2.38. The molecule has 4 heterocycles. The molecule has 3 aromatic heterocycles. The molecular weight excluding hydrogens is 469 g/mol. The zero-order valence-electron chi connectivity index (χ0n) is 20.7. The van der Waals surface area contributed by atoms with Gasteiger partial charge in [0, 0.05) is 47.2 Å². The summed E-state index contributed by atoms with van der Waals surface area (Å²) in [6.45, 7) is 3.56. The highest BCUT2D eigenvalue weighted by molar-refractivity contribution is 5.96. The normalized spacial score (nSPS) is 14.6. The lowest BCUT2D eigenvalue weighted by atomic mass is 9.80. The molecule has 0 saturated carbocycles. The molecule has 0 unspecified atom stereocenters. The van der Waals surface area contributed by atoms with Crippen LogP contribution in [0.15, 0.2) is 67.3 Å². The Kier molecular flexibility index (Phi) is 5.68. The lowest BCUT2D eigenvalue weighted by molar-refractivity contribution is -0.0500. The summed E-state index contributed by atoms with van der Waals surface area (Å²) < 4.78 is 22.2. The van der Waals surface area contributed by atoms with E-state index in [0.717, 1.165) is 16.6 Å². The Morgan fingerprint density at radius 1 is 1.11 bits per heavy atom. The van der Waals surface area contributed by atoms with Crippen LogP contribution in [0, 0.1) is 5.82 Å². The van der Waals surface area contributed by atoms with E-state index in [4.69, 9.17) is 4.74 Å². The van der Waals surface area contributed by atoms with Crippen LogP contribution in [0.3, 0.4) is 0 Å². The third-order valence-electron chi connectivity index (χ3n) is 7.13. The van der Waals surface area contributed by atoms with Crippen LogP contribution in [-0.2, 0) is 23.6 Å². The summed E-state index contributed by atoms with van der Waals surface area (Å²) in [7, 11) is 1.86. The fourth-order valence-corrected chi connectivity index (χ4v) is 4.81. The van der Waals surface area contributed by atoms with Crippen LogP contribution < -0.4 is 0 Å². The maximum absolute atomic E-state index is 15.1. The van der Waals surface area contributed by atoms with Crippen molar-refractivity contribution in [3.8, 4) is 22.5 Å². The highest BCUT2D eigenvalue weighted by atomic mass is 19.1. The van der Waals surface area contributed by atoms with Crippen LogP contribution in [0.1, 0.15) is 34.8 Å². The van der Waals surface area contributed by atoms with Gasteiger partial charge in [-0.2, -0.15) is 5.10 Å². The predicted molar refractivity (Wildman–Crippen MR) is 139 cm³/mol. The Bertz CT molecular complexity index is 1620. The maximum atomic E-state index is 15.1. The number of ether oxygens (including phenoxy) is 1. The first-order chi connectivity index (χ1) is 17.9. The topological polar surface area (TPSA) is 85.7 Å². The number of Topliss-reactive ketones (excluding diaryl/α,β-unsaturated/α-hetero) is 1. The Labute approximate surface area is 213 Å². The molecule has 0 aliphatic carbocycles. The number of aromatic nitrogens is 5. The zero-order chi connectivity index (χ0) is 25.6. The molecule has 7 nitrogen and oxygen atoms in total. The van der Waals surface area contributed by atoms with E-state index >= 15 is 4.39 Å². The van der Waals surface area contributed by atoms with Gasteiger partial charge in [0.2, 0.25) is 0 Å². The third-order valence-corrected chi connectivity index (χ3v) is 7.13. The quantitative estimate of drug-likeness (QED) is 0.311. The molecule has 1 N–H and O–H groups in total. The van der Waals surface area contributed by atoms with Gasteiger partial charge in [-0.1, -0.05) is 43.3 Å². The van der Waals surface area contributed by atoms with Crippen molar-refractivity contribution in [3.63, 3.8) is 0 Å². The number of H-pyrrole nitrogens is 1. The molecule has 1 saturated heterocycles. The summed E-state index contributed by atoms with van der Waals surface area (Å²) in [5.74, 6) is -0.355. The first kappa shape index (κ1) is 23.2. The average Bonchev–Trinajstić information content (AvgIpc) is 3.52. The fraction of sp³-hybridized carbons (Fsp3) is 0.241. The van der Waals surface area contributed by atoms with E-state index in [1.54, 1.807) is 16.9 Å². The van der Waals surface area contributed by atoms with Gasteiger partial charge in [-0.05, 0) is 29.7 Å². The number of carbonyl (C=O) groups is 1. The van der Waals surface area contributed by atoms with Crippen molar-refractivity contribution in [2.45, 2.75) is 25.2 Å². The molecule has 6 rings (SSSR count). The Morgan fingerprint density at radius 3 is 2.59 bits per heavy atom. The SMILES string of the molecule is Cn1cc(-c2cc3c(-c4ccc(CCC(=O)c5ccc(C6(C)COC6)cc5)c(F)c4)ncnc3[nH]2)cn1. The molecule has 186 valence electrons. The number of rotatable bonds is 7. The summed E-state index contributed by atoms with van der Waals surface area (Å²) in [5.41, 5.74) is 6.11. The minimum Gasteiger partial charge on any atom is -0.379 e. The number of aromatic amines is 1. The van der Waals surface area contributed by atoms with Gasteiger partial charge in [-0.3, -0.25) is 9.48 Å². The number of hydrogen-bond acceptors (Lipinski definition) is 5. The van der Waals surface area contributed by atoms with Gasteiger partial charge in [-0.25, -0.2) is 14.4 Å². The fourth-order valence-electron chi connectivity index (χ4n) is 4.81. The number of ketones is 1. The van der Waals surface area contributed by atoms with Gasteiger partial charge in [0.1, 0.15) is 17.8 Å². The summed E-state index contributed by atoms with van der Waals surface area (Å²) in [5, 5.41) is 5.02. The van der Waals surface area contributed by atoms with Crippen molar-refractivity contribution in [2.75, 3.05) is 13.2 Å². The third kappa shape index (κ3) is 4.34. The van der Waals surface area contributed by atoms with Crippen LogP contribution in [-0.4, -0.2) is 43.7 Å². The van der Waals surface area contributed by atoms with Gasteiger partial charge in [0.15, 0.2) is 5.78 Å². The van der Waals surface area contributed by atoms with Crippen LogP contribution >= 0.6 is 0 Å². The van der Waals surface area contributed by atoms with E-state index in [1.165, 1.54) is 18.0 Å². The Morgan fingerprint density at radius 2 is 1.92 bits per heavy atom. The predicted octanol–water partition coefficient (Wildman–Crippen LogP) is 5.27. The number of benzene rings is 2. The van der Waals surface area contributed by atoms with E-state index < -0.39 is 0 Å². The Balaban J connectivity index is 1.18. The minimum absolute atomic E-state index is 0.00204. The first-order valence-electron chi connectivity index (χ1n) is 12.2. The van der Waals surface area contributed by atoms with Crippen molar-refractivity contribution >= 4 is 16.8 Å². The highest BCUT2D eigenvalue weighted by Crippen LogP contribution is 2.32. The van der Waals surface area contributed by atoms with E-state index in [1.807, 2.05) is 49.6 Å². The molecule has 0 radical (unpaired) electrons. The number of nitrogens with zero attached hydrogens (tertiary/aromatic N) is 4. The molecule has 8 heteroatoms. The summed E-state index contributed by atoms with van der Waals surface area (Å²) >= 11 is 0. The van der Waals surface area contributed by atoms with Crippen LogP contribution in [0.5, 0.6) is 0 Å². The van der Waals surface area contributed by atoms with E-state index in [9.17, 15) is 4.79 Å².